The zero-order chi connectivity index (χ0) is 41.8. The van der Waals surface area contributed by atoms with Crippen molar-refractivity contribution in [3.8, 4) is 55.4 Å². The molecule has 0 fully saturated rings. The Bertz CT molecular complexity index is 2730. The number of methoxy groups -OCH3 is 5. The number of ketones is 2. The highest BCUT2D eigenvalue weighted by Crippen LogP contribution is 2.45. The van der Waals surface area contributed by atoms with Gasteiger partial charge in [-0.15, -0.1) is 22.7 Å². The molecule has 0 bridgehead atoms. The zero-order valence-corrected chi connectivity index (χ0v) is 35.6. The Hall–Kier alpha value is -6.04. The van der Waals surface area contributed by atoms with E-state index < -0.39 is 17.3 Å². The average Bonchev–Trinajstić information content (AvgIpc) is 3.97. The molecule has 298 valence electrons. The summed E-state index contributed by atoms with van der Waals surface area (Å²) in [7, 11) is 7.41. The zero-order valence-electron chi connectivity index (χ0n) is 32.4. The molecule has 0 unspecified atom stereocenters. The molecule has 7 aromatic rings. The Morgan fingerprint density at radius 3 is 1.92 bits per heavy atom. The van der Waals surface area contributed by atoms with Crippen molar-refractivity contribution >= 4 is 79.2 Å². The molecule has 1 N–H and O–H groups in total. The molecule has 8 nitrogen and oxygen atoms in total. The molecule has 2 aromatic heterocycles. The molecule has 0 aliphatic heterocycles. The number of benzene rings is 5. The molecule has 0 saturated heterocycles. The summed E-state index contributed by atoms with van der Waals surface area (Å²) in [5, 5.41) is 14.6. The van der Waals surface area contributed by atoms with Crippen molar-refractivity contribution in [2.45, 2.75) is 0 Å². The van der Waals surface area contributed by atoms with E-state index in [0.29, 0.717) is 28.6 Å². The maximum atomic E-state index is 15.5. The summed E-state index contributed by atoms with van der Waals surface area (Å²) in [4.78, 5) is 32.1. The van der Waals surface area contributed by atoms with Gasteiger partial charge in [0, 0.05) is 31.2 Å². The third-order valence-corrected chi connectivity index (χ3v) is 12.5. The highest BCUT2D eigenvalue weighted by molar-refractivity contribution is 7.22. The van der Waals surface area contributed by atoms with Crippen molar-refractivity contribution in [3.05, 3.63) is 152 Å². The Morgan fingerprint density at radius 1 is 0.644 bits per heavy atom. The fourth-order valence-electron chi connectivity index (χ4n) is 6.69. The number of hydrogen-bond acceptors (Lipinski definition) is 10. The monoisotopic (exact) mass is 862 g/mol. The van der Waals surface area contributed by atoms with E-state index in [-0.39, 0.29) is 43.6 Å². The number of phenols is 1. The number of rotatable bonds is 14. The Kier molecular flexibility index (Phi) is 12.4. The van der Waals surface area contributed by atoms with E-state index in [2.05, 4.69) is 6.07 Å². The largest absolute Gasteiger partial charge is 0.506 e. The van der Waals surface area contributed by atoms with Crippen molar-refractivity contribution in [3.63, 3.8) is 0 Å². The number of carbonyl (C=O) groups excluding carboxylic acids is 2. The standard InChI is InChI=1S/C47H36Cl2O8S2/c1-53-37-16-12-28(41-11-8-18-58-41)22-33(37)36(50)25-31(30-14-15-35(48)44(49)46(30)52)32(19-26-20-39(55-3)47(57-5)40(21-26)56-4)45(51)34-23-29(13-17-38(34)54-2)43-24-27-9-6-7-10-42(27)59-43/h6-25,52H,1-5H3. The van der Waals surface area contributed by atoms with Gasteiger partial charge in [-0.05, 0) is 118 Å². The van der Waals surface area contributed by atoms with Gasteiger partial charge >= 0.3 is 0 Å². The van der Waals surface area contributed by atoms with Gasteiger partial charge in [0.05, 0.1) is 51.7 Å². The van der Waals surface area contributed by atoms with Crippen LogP contribution in [0.3, 0.4) is 0 Å². The minimum atomic E-state index is -0.539. The third-order valence-electron chi connectivity index (χ3n) is 9.59. The smallest absolute Gasteiger partial charge is 0.203 e. The molecular formula is C47H36Cl2O8S2. The molecule has 2 heterocycles. The van der Waals surface area contributed by atoms with Crippen LogP contribution in [0.15, 0.2) is 120 Å². The molecule has 0 aliphatic rings. The average molecular weight is 864 g/mol. The van der Waals surface area contributed by atoms with Gasteiger partial charge < -0.3 is 28.8 Å². The summed E-state index contributed by atoms with van der Waals surface area (Å²) in [6, 6.07) is 31.0. The molecule has 0 amide bonds. The molecule has 0 spiro atoms. The lowest BCUT2D eigenvalue weighted by atomic mass is 9.87. The lowest BCUT2D eigenvalue weighted by Crippen LogP contribution is -2.10. The first kappa shape index (κ1) is 41.1. The first-order valence-corrected chi connectivity index (χ1v) is 20.4. The first-order valence-electron chi connectivity index (χ1n) is 18.0. The number of ether oxygens (including phenoxy) is 5. The second kappa shape index (κ2) is 17.8. The van der Waals surface area contributed by atoms with Crippen LogP contribution >= 0.6 is 45.9 Å². The summed E-state index contributed by atoms with van der Waals surface area (Å²) in [5.41, 5.74) is 2.51. The van der Waals surface area contributed by atoms with Gasteiger partial charge in [0.25, 0.3) is 0 Å². The van der Waals surface area contributed by atoms with E-state index in [9.17, 15) is 9.90 Å². The predicted molar refractivity (Wildman–Crippen MR) is 239 cm³/mol. The van der Waals surface area contributed by atoms with E-state index in [1.165, 1.54) is 65.1 Å². The quantitative estimate of drug-likeness (QED) is 0.0655. The second-order valence-electron chi connectivity index (χ2n) is 13.0. The number of thiophene rings is 2. The third kappa shape index (κ3) is 8.31. The predicted octanol–water partition coefficient (Wildman–Crippen LogP) is 12.6. The molecule has 12 heteroatoms. The number of phenolic OH excluding ortho intramolecular Hbond substituents is 1. The normalized spacial score (nSPS) is 11.7. The topological polar surface area (TPSA) is 101 Å². The van der Waals surface area contributed by atoms with Gasteiger partial charge in [-0.25, -0.2) is 0 Å². The number of fused-ring (bicyclic) bond motifs is 1. The number of hydrogen-bond donors (Lipinski definition) is 1. The molecule has 0 atom stereocenters. The molecular weight excluding hydrogens is 828 g/mol. The summed E-state index contributed by atoms with van der Waals surface area (Å²) in [6.45, 7) is 0. The fraction of sp³-hybridized carbons (Fsp3) is 0.106. The summed E-state index contributed by atoms with van der Waals surface area (Å²) in [6.07, 6.45) is 2.87. The van der Waals surface area contributed by atoms with Crippen LogP contribution in [0.5, 0.6) is 34.5 Å². The number of carbonyl (C=O) groups is 2. The van der Waals surface area contributed by atoms with Crippen molar-refractivity contribution in [1.82, 2.24) is 0 Å². The minimum Gasteiger partial charge on any atom is -0.506 e. The van der Waals surface area contributed by atoms with Crippen molar-refractivity contribution < 1.29 is 38.4 Å². The number of Topliss-reactive ketones (excluding diaryl/α,β-unsaturated/α-hetero) is 1. The summed E-state index contributed by atoms with van der Waals surface area (Å²) < 4.78 is 29.5. The van der Waals surface area contributed by atoms with E-state index >= 15 is 4.79 Å². The van der Waals surface area contributed by atoms with Crippen LogP contribution < -0.4 is 23.7 Å². The highest BCUT2D eigenvalue weighted by Gasteiger charge is 2.28. The van der Waals surface area contributed by atoms with Gasteiger partial charge in [-0.2, -0.15) is 0 Å². The number of allylic oxidation sites excluding steroid dienone is 3. The van der Waals surface area contributed by atoms with Crippen LogP contribution in [0.1, 0.15) is 31.8 Å². The van der Waals surface area contributed by atoms with Gasteiger partial charge in [-0.1, -0.05) is 47.5 Å². The van der Waals surface area contributed by atoms with E-state index in [4.69, 9.17) is 46.9 Å². The first-order chi connectivity index (χ1) is 28.6. The molecule has 5 aromatic carbocycles. The maximum Gasteiger partial charge on any atom is 0.203 e. The molecule has 0 aliphatic carbocycles. The lowest BCUT2D eigenvalue weighted by Gasteiger charge is -2.18. The Morgan fingerprint density at radius 2 is 1.29 bits per heavy atom. The molecule has 7 rings (SSSR count). The van der Waals surface area contributed by atoms with Crippen LogP contribution in [0.2, 0.25) is 10.0 Å². The SMILES string of the molecule is COc1ccc(-c2cccs2)cc1C(=O)C=C(C(=Cc1cc(OC)c(OC)c(OC)c1)C(=O)c1cc(-c2cc3ccccc3s2)ccc1OC)c1ccc(Cl)c(Cl)c1O. The van der Waals surface area contributed by atoms with Gasteiger partial charge in [0.15, 0.2) is 23.1 Å². The van der Waals surface area contributed by atoms with Crippen molar-refractivity contribution in [2.24, 2.45) is 0 Å². The number of aromatic hydroxyl groups is 1. The maximum absolute atomic E-state index is 15.5. The van der Waals surface area contributed by atoms with E-state index in [1.807, 2.05) is 53.9 Å². The minimum absolute atomic E-state index is 0.0125. The summed E-state index contributed by atoms with van der Waals surface area (Å²) in [5.74, 6) is 0.0773. The van der Waals surface area contributed by atoms with Gasteiger partial charge in [0.1, 0.15) is 22.3 Å². The number of halogens is 2. The Balaban J connectivity index is 1.51. The molecule has 0 radical (unpaired) electrons. The molecule has 59 heavy (non-hydrogen) atoms. The molecule has 0 saturated carbocycles. The van der Waals surface area contributed by atoms with Crippen LogP contribution in [0.25, 0.3) is 42.6 Å². The van der Waals surface area contributed by atoms with Gasteiger partial charge in [-0.3, -0.25) is 9.59 Å². The lowest BCUT2D eigenvalue weighted by molar-refractivity contribution is 0.103. The van der Waals surface area contributed by atoms with Crippen LogP contribution in [0.4, 0.5) is 0 Å². The van der Waals surface area contributed by atoms with Crippen LogP contribution in [-0.4, -0.2) is 52.2 Å². The van der Waals surface area contributed by atoms with Crippen molar-refractivity contribution in [2.75, 3.05) is 35.5 Å². The van der Waals surface area contributed by atoms with Crippen molar-refractivity contribution in [1.29, 1.82) is 0 Å². The summed E-state index contributed by atoms with van der Waals surface area (Å²) >= 11 is 16.1. The second-order valence-corrected chi connectivity index (χ2v) is 15.8. The van der Waals surface area contributed by atoms with Crippen LogP contribution in [0, 0.1) is 0 Å². The van der Waals surface area contributed by atoms with E-state index in [0.717, 1.165) is 31.0 Å². The highest BCUT2D eigenvalue weighted by atomic mass is 35.5. The fourth-order valence-corrected chi connectivity index (χ4v) is 8.79. The van der Waals surface area contributed by atoms with E-state index in [1.54, 1.807) is 53.8 Å². The van der Waals surface area contributed by atoms with Crippen LogP contribution in [-0.2, 0) is 0 Å². The Labute approximate surface area is 359 Å². The van der Waals surface area contributed by atoms with Gasteiger partial charge in [0.2, 0.25) is 5.75 Å².